The van der Waals surface area contributed by atoms with Crippen molar-refractivity contribution < 1.29 is 23.9 Å². The van der Waals surface area contributed by atoms with Crippen LogP contribution in [0.15, 0.2) is 24.3 Å². The number of hydrogen-bond acceptors (Lipinski definition) is 5. The summed E-state index contributed by atoms with van der Waals surface area (Å²) < 4.78 is 9.03. The SMILES string of the molecule is COC(=O)CC(=O)NC(Cc1ccc(Cl)cc1)C(=O)OC. The van der Waals surface area contributed by atoms with E-state index in [9.17, 15) is 14.4 Å². The van der Waals surface area contributed by atoms with Crippen LogP contribution in [0.5, 0.6) is 0 Å². The molecule has 1 amide bonds. The fraction of sp³-hybridized carbons (Fsp3) is 0.357. The molecule has 0 aliphatic carbocycles. The lowest BCUT2D eigenvalue weighted by Crippen LogP contribution is -2.43. The Labute approximate surface area is 127 Å². The highest BCUT2D eigenvalue weighted by Gasteiger charge is 2.23. The normalized spacial score (nSPS) is 11.4. The summed E-state index contributed by atoms with van der Waals surface area (Å²) in [5, 5.41) is 3.02. The second-order valence-corrected chi connectivity index (χ2v) is 4.66. The minimum absolute atomic E-state index is 0.233. The first-order chi connectivity index (χ1) is 9.96. The molecule has 0 saturated carbocycles. The van der Waals surface area contributed by atoms with Gasteiger partial charge in [-0.15, -0.1) is 0 Å². The van der Waals surface area contributed by atoms with Crippen LogP contribution in [-0.2, 0) is 30.3 Å². The molecule has 0 spiro atoms. The van der Waals surface area contributed by atoms with E-state index in [1.165, 1.54) is 14.2 Å². The van der Waals surface area contributed by atoms with Gasteiger partial charge in [0.1, 0.15) is 12.5 Å². The monoisotopic (exact) mass is 313 g/mol. The molecule has 1 rings (SSSR count). The number of esters is 2. The summed E-state index contributed by atoms with van der Waals surface area (Å²) in [6, 6.07) is 5.96. The van der Waals surface area contributed by atoms with Crippen LogP contribution in [0.2, 0.25) is 5.02 Å². The number of hydrogen-bond donors (Lipinski definition) is 1. The van der Waals surface area contributed by atoms with Crippen molar-refractivity contribution in [2.24, 2.45) is 0 Å². The van der Waals surface area contributed by atoms with Crippen LogP contribution in [0.25, 0.3) is 0 Å². The standard InChI is InChI=1S/C14H16ClNO5/c1-20-13(18)8-12(17)16-11(14(19)21-2)7-9-3-5-10(15)6-4-9/h3-6,11H,7-8H2,1-2H3,(H,16,17). The summed E-state index contributed by atoms with van der Waals surface area (Å²) in [6.45, 7) is 0. The summed E-state index contributed by atoms with van der Waals surface area (Å²) in [5.74, 6) is -1.88. The molecule has 0 aromatic heterocycles. The fourth-order valence-electron chi connectivity index (χ4n) is 1.64. The molecular formula is C14H16ClNO5. The maximum Gasteiger partial charge on any atom is 0.328 e. The van der Waals surface area contributed by atoms with Crippen LogP contribution in [0, 0.1) is 0 Å². The molecule has 7 heteroatoms. The van der Waals surface area contributed by atoms with Crippen molar-refractivity contribution in [3.05, 3.63) is 34.9 Å². The molecule has 114 valence electrons. The number of carbonyl (C=O) groups excluding carboxylic acids is 3. The zero-order chi connectivity index (χ0) is 15.8. The molecule has 1 unspecified atom stereocenters. The minimum atomic E-state index is -0.881. The first kappa shape index (κ1) is 17.0. The van der Waals surface area contributed by atoms with Gasteiger partial charge < -0.3 is 14.8 Å². The fourth-order valence-corrected chi connectivity index (χ4v) is 1.77. The molecular weight excluding hydrogens is 298 g/mol. The molecule has 1 N–H and O–H groups in total. The quantitative estimate of drug-likeness (QED) is 0.628. The van der Waals surface area contributed by atoms with E-state index in [1.54, 1.807) is 24.3 Å². The molecule has 1 atom stereocenters. The highest BCUT2D eigenvalue weighted by atomic mass is 35.5. The third-order valence-corrected chi connectivity index (χ3v) is 2.96. The van der Waals surface area contributed by atoms with E-state index in [4.69, 9.17) is 11.6 Å². The average molecular weight is 314 g/mol. The topological polar surface area (TPSA) is 81.7 Å². The third-order valence-electron chi connectivity index (χ3n) is 2.71. The molecule has 0 radical (unpaired) electrons. The van der Waals surface area contributed by atoms with Gasteiger partial charge in [0.05, 0.1) is 14.2 Å². The number of halogens is 1. The summed E-state index contributed by atoms with van der Waals surface area (Å²) in [6.07, 6.45) is -0.221. The molecule has 0 aliphatic heterocycles. The van der Waals surface area contributed by atoms with Crippen LogP contribution in [0.1, 0.15) is 12.0 Å². The van der Waals surface area contributed by atoms with E-state index >= 15 is 0 Å². The Kier molecular flexibility index (Phi) is 6.68. The van der Waals surface area contributed by atoms with Crippen molar-refractivity contribution in [2.45, 2.75) is 18.9 Å². The summed E-state index contributed by atoms with van der Waals surface area (Å²) in [7, 11) is 2.41. The number of ether oxygens (including phenoxy) is 2. The Morgan fingerprint density at radius 2 is 1.76 bits per heavy atom. The molecule has 0 fully saturated rings. The Morgan fingerprint density at radius 1 is 1.14 bits per heavy atom. The van der Waals surface area contributed by atoms with Gasteiger partial charge >= 0.3 is 11.9 Å². The number of carbonyl (C=O) groups is 3. The summed E-state index contributed by atoms with van der Waals surface area (Å²) in [4.78, 5) is 34.4. The van der Waals surface area contributed by atoms with Gasteiger partial charge in [0, 0.05) is 11.4 Å². The Bertz CT molecular complexity index is 515. The second-order valence-electron chi connectivity index (χ2n) is 4.23. The van der Waals surface area contributed by atoms with Crippen molar-refractivity contribution in [3.8, 4) is 0 Å². The summed E-state index contributed by atoms with van der Waals surface area (Å²) in [5.41, 5.74) is 0.799. The molecule has 0 aliphatic rings. The van der Waals surface area contributed by atoms with Gasteiger partial charge in [0.15, 0.2) is 0 Å². The third kappa shape index (κ3) is 5.83. The van der Waals surface area contributed by atoms with Gasteiger partial charge in [-0.05, 0) is 17.7 Å². The molecule has 0 saturated heterocycles. The number of amides is 1. The largest absolute Gasteiger partial charge is 0.469 e. The summed E-state index contributed by atoms with van der Waals surface area (Å²) >= 11 is 5.78. The minimum Gasteiger partial charge on any atom is -0.469 e. The zero-order valence-corrected chi connectivity index (χ0v) is 12.5. The van der Waals surface area contributed by atoms with Gasteiger partial charge in [-0.1, -0.05) is 23.7 Å². The van der Waals surface area contributed by atoms with Crippen molar-refractivity contribution in [1.82, 2.24) is 5.32 Å². The van der Waals surface area contributed by atoms with E-state index in [-0.39, 0.29) is 6.42 Å². The molecule has 0 heterocycles. The maximum absolute atomic E-state index is 11.7. The van der Waals surface area contributed by atoms with Crippen molar-refractivity contribution in [2.75, 3.05) is 14.2 Å². The van der Waals surface area contributed by atoms with Gasteiger partial charge in [0.2, 0.25) is 5.91 Å². The lowest BCUT2D eigenvalue weighted by molar-refractivity contribution is -0.148. The maximum atomic E-state index is 11.7. The average Bonchev–Trinajstić information content (AvgIpc) is 2.47. The van der Waals surface area contributed by atoms with Gasteiger partial charge in [-0.25, -0.2) is 4.79 Å². The van der Waals surface area contributed by atoms with Gasteiger partial charge in [-0.3, -0.25) is 9.59 Å². The number of nitrogens with one attached hydrogen (secondary N) is 1. The number of benzene rings is 1. The van der Waals surface area contributed by atoms with Crippen molar-refractivity contribution >= 4 is 29.4 Å². The van der Waals surface area contributed by atoms with E-state index in [0.717, 1.165) is 5.56 Å². The molecule has 6 nitrogen and oxygen atoms in total. The van der Waals surface area contributed by atoms with Crippen LogP contribution in [0.4, 0.5) is 0 Å². The van der Waals surface area contributed by atoms with E-state index in [2.05, 4.69) is 14.8 Å². The van der Waals surface area contributed by atoms with Crippen LogP contribution in [-0.4, -0.2) is 38.1 Å². The Balaban J connectivity index is 2.72. The van der Waals surface area contributed by atoms with E-state index in [1.807, 2.05) is 0 Å². The molecule has 1 aromatic rings. The smallest absolute Gasteiger partial charge is 0.328 e. The lowest BCUT2D eigenvalue weighted by Gasteiger charge is -2.16. The highest BCUT2D eigenvalue weighted by molar-refractivity contribution is 6.30. The Morgan fingerprint density at radius 3 is 2.29 bits per heavy atom. The van der Waals surface area contributed by atoms with Crippen molar-refractivity contribution in [1.29, 1.82) is 0 Å². The van der Waals surface area contributed by atoms with Gasteiger partial charge in [-0.2, -0.15) is 0 Å². The predicted octanol–water partition coefficient (Wildman–Crippen LogP) is 1.10. The predicted molar refractivity (Wildman–Crippen MR) is 75.7 cm³/mol. The Hall–Kier alpha value is -2.08. The zero-order valence-electron chi connectivity index (χ0n) is 11.7. The second kappa shape index (κ2) is 8.26. The van der Waals surface area contributed by atoms with Crippen LogP contribution >= 0.6 is 11.6 Å². The number of rotatable bonds is 6. The molecule has 1 aromatic carbocycles. The van der Waals surface area contributed by atoms with Crippen molar-refractivity contribution in [3.63, 3.8) is 0 Å². The first-order valence-corrected chi connectivity index (χ1v) is 6.52. The van der Waals surface area contributed by atoms with Crippen LogP contribution < -0.4 is 5.32 Å². The van der Waals surface area contributed by atoms with E-state index < -0.39 is 30.3 Å². The molecule has 21 heavy (non-hydrogen) atoms. The highest BCUT2D eigenvalue weighted by Crippen LogP contribution is 2.11. The lowest BCUT2D eigenvalue weighted by atomic mass is 10.1. The van der Waals surface area contributed by atoms with Crippen LogP contribution in [0.3, 0.4) is 0 Å². The van der Waals surface area contributed by atoms with E-state index in [0.29, 0.717) is 5.02 Å². The van der Waals surface area contributed by atoms with Gasteiger partial charge in [0.25, 0.3) is 0 Å². The first-order valence-electron chi connectivity index (χ1n) is 6.14. The number of methoxy groups -OCH3 is 2. The molecule has 0 bridgehead atoms.